The zero-order valence-electron chi connectivity index (χ0n) is 20.9. The lowest BCUT2D eigenvalue weighted by Crippen LogP contribution is -2.47. The lowest BCUT2D eigenvalue weighted by Gasteiger charge is -2.31. The molecule has 3 aromatic rings. The predicted molar refractivity (Wildman–Crippen MR) is 140 cm³/mol. The van der Waals surface area contributed by atoms with Crippen LogP contribution in [0.1, 0.15) is 38.8 Å². The van der Waals surface area contributed by atoms with Gasteiger partial charge in [-0.15, -0.1) is 0 Å². The molecule has 0 aliphatic rings. The number of amides is 1. The quantitative estimate of drug-likeness (QED) is 0.467. The van der Waals surface area contributed by atoms with Crippen molar-refractivity contribution in [3.63, 3.8) is 0 Å². The summed E-state index contributed by atoms with van der Waals surface area (Å²) in [6.07, 6.45) is 0. The Morgan fingerprint density at radius 3 is 2.06 bits per heavy atom. The van der Waals surface area contributed by atoms with Crippen LogP contribution in [-0.4, -0.2) is 39.5 Å². The fourth-order valence-electron chi connectivity index (χ4n) is 3.94. The van der Waals surface area contributed by atoms with Crippen molar-refractivity contribution in [2.45, 2.75) is 46.8 Å². The topological polar surface area (TPSA) is 104 Å². The van der Waals surface area contributed by atoms with Crippen LogP contribution < -0.4 is 21.9 Å². The van der Waals surface area contributed by atoms with Gasteiger partial charge in [0.25, 0.3) is 5.56 Å². The summed E-state index contributed by atoms with van der Waals surface area (Å²) in [4.78, 5) is 45.0. The first-order valence-corrected chi connectivity index (χ1v) is 11.9. The molecule has 0 aliphatic heterocycles. The van der Waals surface area contributed by atoms with Crippen molar-refractivity contribution in [1.82, 2.24) is 14.5 Å². The van der Waals surface area contributed by atoms with E-state index in [1.165, 1.54) is 9.47 Å². The van der Waals surface area contributed by atoms with E-state index >= 15 is 0 Å². The van der Waals surface area contributed by atoms with E-state index in [1.54, 1.807) is 0 Å². The average molecular weight is 478 g/mol. The van der Waals surface area contributed by atoms with Crippen molar-refractivity contribution in [2.24, 2.45) is 5.92 Å². The zero-order chi connectivity index (χ0) is 25.5. The summed E-state index contributed by atoms with van der Waals surface area (Å²) in [6, 6.07) is 19.4. The van der Waals surface area contributed by atoms with E-state index in [0.717, 1.165) is 11.1 Å². The van der Waals surface area contributed by atoms with Gasteiger partial charge in [0.15, 0.2) is 5.69 Å². The van der Waals surface area contributed by atoms with Crippen molar-refractivity contribution in [3.8, 4) is 0 Å². The minimum Gasteiger partial charge on any atom is -0.383 e. The highest BCUT2D eigenvalue weighted by atomic mass is 16.2. The number of benzene rings is 2. The Morgan fingerprint density at radius 2 is 1.51 bits per heavy atom. The lowest BCUT2D eigenvalue weighted by atomic mass is 10.1. The Balaban J connectivity index is 1.97. The van der Waals surface area contributed by atoms with Crippen molar-refractivity contribution in [3.05, 3.63) is 92.6 Å². The van der Waals surface area contributed by atoms with Gasteiger partial charge in [-0.3, -0.25) is 24.0 Å². The number of nitrogens with two attached hydrogens (primary N) is 1. The summed E-state index contributed by atoms with van der Waals surface area (Å²) < 4.78 is 1.30. The van der Waals surface area contributed by atoms with Crippen LogP contribution in [0.4, 0.5) is 11.5 Å². The molecule has 0 atom stereocenters. The number of carbonyl (C=O) groups is 1. The summed E-state index contributed by atoms with van der Waals surface area (Å²) in [7, 11) is 0. The second kappa shape index (κ2) is 11.7. The molecule has 0 aliphatic carbocycles. The van der Waals surface area contributed by atoms with Crippen LogP contribution >= 0.6 is 0 Å². The van der Waals surface area contributed by atoms with Gasteiger partial charge in [0, 0.05) is 19.1 Å². The molecule has 35 heavy (non-hydrogen) atoms. The molecule has 3 rings (SSSR count). The Kier molecular flexibility index (Phi) is 8.65. The maximum atomic E-state index is 13.6. The standard InChI is InChI=1S/C27H35N5O3/c1-19(2)15-31(23(33)18-30(20(3)4)16-21-11-7-5-8-12-21)24-25(28)32(27(35)29-26(24)34)17-22-13-9-6-10-14-22/h5-14,19-20H,15-18,28H2,1-4H3,(H,29,34,35). The van der Waals surface area contributed by atoms with E-state index in [2.05, 4.69) is 9.88 Å². The number of anilines is 2. The van der Waals surface area contributed by atoms with Gasteiger partial charge in [-0.25, -0.2) is 4.79 Å². The third-order valence-electron chi connectivity index (χ3n) is 5.81. The second-order valence-corrected chi connectivity index (χ2v) is 9.45. The predicted octanol–water partition coefficient (Wildman–Crippen LogP) is 3.07. The number of H-pyrrole nitrogens is 1. The van der Waals surface area contributed by atoms with Crippen molar-refractivity contribution >= 4 is 17.4 Å². The summed E-state index contributed by atoms with van der Waals surface area (Å²) in [5.74, 6) is -0.185. The SMILES string of the molecule is CC(C)CN(C(=O)CN(Cc1ccccc1)C(C)C)c1c(N)n(Cc2ccccc2)c(=O)[nH]c1=O. The number of nitrogens with one attached hydrogen (secondary N) is 1. The maximum Gasteiger partial charge on any atom is 0.330 e. The smallest absolute Gasteiger partial charge is 0.330 e. The summed E-state index contributed by atoms with van der Waals surface area (Å²) in [5, 5.41) is 0. The first-order valence-electron chi connectivity index (χ1n) is 11.9. The monoisotopic (exact) mass is 477 g/mol. The van der Waals surface area contributed by atoms with Crippen LogP contribution in [0.3, 0.4) is 0 Å². The number of nitrogens with zero attached hydrogens (tertiary/aromatic N) is 3. The van der Waals surface area contributed by atoms with Crippen molar-refractivity contribution < 1.29 is 4.79 Å². The number of rotatable bonds is 10. The van der Waals surface area contributed by atoms with Gasteiger partial charge >= 0.3 is 5.69 Å². The molecule has 1 heterocycles. The highest BCUT2D eigenvalue weighted by molar-refractivity contribution is 5.96. The molecule has 0 saturated carbocycles. The number of hydrogen-bond donors (Lipinski definition) is 2. The summed E-state index contributed by atoms with van der Waals surface area (Å²) in [6.45, 7) is 9.19. The number of aromatic nitrogens is 2. The third-order valence-corrected chi connectivity index (χ3v) is 5.81. The van der Waals surface area contributed by atoms with Gasteiger partial charge in [-0.05, 0) is 30.9 Å². The molecule has 8 heteroatoms. The molecule has 1 aromatic heterocycles. The van der Waals surface area contributed by atoms with Crippen LogP contribution in [0.2, 0.25) is 0 Å². The van der Waals surface area contributed by atoms with Gasteiger partial charge in [0.05, 0.1) is 13.1 Å². The minimum atomic E-state index is -0.662. The fourth-order valence-corrected chi connectivity index (χ4v) is 3.94. The molecule has 0 fully saturated rings. The van der Waals surface area contributed by atoms with E-state index < -0.39 is 11.2 Å². The zero-order valence-corrected chi connectivity index (χ0v) is 20.9. The summed E-state index contributed by atoms with van der Waals surface area (Å²) in [5.41, 5.74) is 7.10. The molecular formula is C27H35N5O3. The molecule has 0 saturated heterocycles. The first-order chi connectivity index (χ1) is 16.7. The number of aromatic amines is 1. The lowest BCUT2D eigenvalue weighted by molar-refractivity contribution is -0.120. The van der Waals surface area contributed by atoms with Crippen LogP contribution in [-0.2, 0) is 17.9 Å². The largest absolute Gasteiger partial charge is 0.383 e. The van der Waals surface area contributed by atoms with Gasteiger partial charge in [0.1, 0.15) is 5.82 Å². The van der Waals surface area contributed by atoms with E-state index in [4.69, 9.17) is 5.73 Å². The molecule has 3 N–H and O–H groups in total. The molecule has 8 nitrogen and oxygen atoms in total. The van der Waals surface area contributed by atoms with Gasteiger partial charge < -0.3 is 10.6 Å². The highest BCUT2D eigenvalue weighted by Gasteiger charge is 2.27. The van der Waals surface area contributed by atoms with Gasteiger partial charge in [-0.1, -0.05) is 74.5 Å². The van der Waals surface area contributed by atoms with E-state index in [1.807, 2.05) is 88.4 Å². The van der Waals surface area contributed by atoms with Crippen LogP contribution in [0.25, 0.3) is 0 Å². The minimum absolute atomic E-state index is 0.0163. The van der Waals surface area contributed by atoms with E-state index in [0.29, 0.717) is 13.1 Å². The summed E-state index contributed by atoms with van der Waals surface area (Å²) >= 11 is 0. The number of nitrogen functional groups attached to an aromatic ring is 1. The molecule has 0 spiro atoms. The molecule has 0 radical (unpaired) electrons. The maximum absolute atomic E-state index is 13.6. The van der Waals surface area contributed by atoms with Crippen LogP contribution in [0.15, 0.2) is 70.3 Å². The third kappa shape index (κ3) is 6.70. The first kappa shape index (κ1) is 26.0. The van der Waals surface area contributed by atoms with E-state index in [-0.39, 0.29) is 42.5 Å². The Labute approximate surface area is 206 Å². The van der Waals surface area contributed by atoms with Gasteiger partial charge in [-0.2, -0.15) is 0 Å². The molecule has 2 aromatic carbocycles. The van der Waals surface area contributed by atoms with Crippen molar-refractivity contribution in [1.29, 1.82) is 0 Å². The Hall–Kier alpha value is -3.65. The van der Waals surface area contributed by atoms with Gasteiger partial charge in [0.2, 0.25) is 5.91 Å². The second-order valence-electron chi connectivity index (χ2n) is 9.45. The Morgan fingerprint density at radius 1 is 0.943 bits per heavy atom. The Bertz CT molecular complexity index is 1230. The molecular weight excluding hydrogens is 442 g/mol. The fraction of sp³-hybridized carbons (Fsp3) is 0.370. The van der Waals surface area contributed by atoms with Crippen LogP contribution in [0.5, 0.6) is 0 Å². The molecule has 0 unspecified atom stereocenters. The molecule has 1 amide bonds. The number of hydrogen-bond acceptors (Lipinski definition) is 5. The number of carbonyl (C=O) groups excluding carboxylic acids is 1. The highest BCUT2D eigenvalue weighted by Crippen LogP contribution is 2.20. The normalized spacial score (nSPS) is 11.4. The van der Waals surface area contributed by atoms with Crippen molar-refractivity contribution in [2.75, 3.05) is 23.7 Å². The average Bonchev–Trinajstić information content (AvgIpc) is 2.81. The molecule has 0 bridgehead atoms. The van der Waals surface area contributed by atoms with Crippen LogP contribution in [0, 0.1) is 5.92 Å². The molecule has 186 valence electrons. The van der Waals surface area contributed by atoms with E-state index in [9.17, 15) is 14.4 Å².